The number of benzene rings is 1. The standard InChI is InChI=1S/C25H29ClN4O3/c1-17-7-12-21-28-22(31)13-25(2,30(21)14-17)24(33)29(15-18-8-10-19(26)11-9-18)16-23(32)27-20-5-3-4-6-20/h7-12,14,20H,3-6,13,15-16H2,1-2H3,(H,27,32)/t25-/m1/s1. The molecule has 0 bridgehead atoms. The Morgan fingerprint density at radius 3 is 2.61 bits per heavy atom. The van der Waals surface area contributed by atoms with Gasteiger partial charge in [0.1, 0.15) is 11.4 Å². The van der Waals surface area contributed by atoms with Gasteiger partial charge < -0.3 is 15.1 Å². The molecule has 174 valence electrons. The second kappa shape index (κ2) is 9.51. The summed E-state index contributed by atoms with van der Waals surface area (Å²) in [4.78, 5) is 46.7. The van der Waals surface area contributed by atoms with Crippen molar-refractivity contribution in [2.24, 2.45) is 4.99 Å². The van der Waals surface area contributed by atoms with Gasteiger partial charge in [0.05, 0.1) is 13.0 Å². The summed E-state index contributed by atoms with van der Waals surface area (Å²) in [7, 11) is 0. The number of amidine groups is 1. The number of fused-ring (bicyclic) bond motifs is 1. The average molecular weight is 469 g/mol. The predicted octanol–water partition coefficient (Wildman–Crippen LogP) is 3.59. The smallest absolute Gasteiger partial charge is 0.250 e. The molecule has 0 aromatic heterocycles. The highest BCUT2D eigenvalue weighted by molar-refractivity contribution is 6.30. The summed E-state index contributed by atoms with van der Waals surface area (Å²) in [6.07, 6.45) is 9.52. The van der Waals surface area contributed by atoms with Gasteiger partial charge in [0.2, 0.25) is 11.8 Å². The molecule has 4 rings (SSSR count). The maximum atomic E-state index is 14.0. The Morgan fingerprint density at radius 2 is 1.91 bits per heavy atom. The largest absolute Gasteiger partial charge is 0.352 e. The first-order valence-electron chi connectivity index (χ1n) is 11.4. The molecule has 1 N–H and O–H groups in total. The summed E-state index contributed by atoms with van der Waals surface area (Å²) in [5.41, 5.74) is 0.622. The number of amides is 3. The topological polar surface area (TPSA) is 82.1 Å². The fraction of sp³-hybridized carbons (Fsp3) is 0.440. The third kappa shape index (κ3) is 5.19. The summed E-state index contributed by atoms with van der Waals surface area (Å²) >= 11 is 6.03. The normalized spacial score (nSPS) is 22.5. The molecule has 1 saturated carbocycles. The highest BCUT2D eigenvalue weighted by Gasteiger charge is 2.47. The number of nitrogens with zero attached hydrogens (tertiary/aromatic N) is 3. The molecule has 0 saturated heterocycles. The zero-order valence-corrected chi connectivity index (χ0v) is 19.8. The third-order valence-electron chi connectivity index (χ3n) is 6.43. The van der Waals surface area contributed by atoms with E-state index in [0.29, 0.717) is 10.9 Å². The molecule has 1 atom stereocenters. The van der Waals surface area contributed by atoms with E-state index in [1.807, 2.05) is 31.3 Å². The number of carbonyl (C=O) groups excluding carboxylic acids is 3. The summed E-state index contributed by atoms with van der Waals surface area (Å²) in [6.45, 7) is 3.82. The highest BCUT2D eigenvalue weighted by Crippen LogP contribution is 2.31. The van der Waals surface area contributed by atoms with Crippen LogP contribution in [0, 0.1) is 0 Å². The van der Waals surface area contributed by atoms with Gasteiger partial charge in [-0.3, -0.25) is 14.4 Å². The first-order chi connectivity index (χ1) is 15.7. The molecule has 2 heterocycles. The lowest BCUT2D eigenvalue weighted by Gasteiger charge is -2.44. The van der Waals surface area contributed by atoms with Crippen molar-refractivity contribution in [1.29, 1.82) is 0 Å². The molecule has 7 nitrogen and oxygen atoms in total. The third-order valence-corrected chi connectivity index (χ3v) is 6.68. The van der Waals surface area contributed by atoms with Crippen LogP contribution in [0.4, 0.5) is 0 Å². The van der Waals surface area contributed by atoms with Gasteiger partial charge >= 0.3 is 0 Å². The molecule has 3 aliphatic rings. The van der Waals surface area contributed by atoms with Crippen molar-refractivity contribution >= 4 is 35.2 Å². The van der Waals surface area contributed by atoms with Gasteiger partial charge in [0, 0.05) is 23.8 Å². The number of aliphatic imine (C=N–C) groups is 1. The molecule has 0 spiro atoms. The van der Waals surface area contributed by atoms with Gasteiger partial charge in [-0.1, -0.05) is 42.7 Å². The van der Waals surface area contributed by atoms with Crippen LogP contribution < -0.4 is 5.32 Å². The fourth-order valence-corrected chi connectivity index (χ4v) is 4.80. The number of allylic oxidation sites excluding steroid dienone is 2. The van der Waals surface area contributed by atoms with Crippen molar-refractivity contribution in [2.45, 2.75) is 64.1 Å². The Morgan fingerprint density at radius 1 is 1.21 bits per heavy atom. The number of nitrogens with one attached hydrogen (secondary N) is 1. The molecule has 1 fully saturated rings. The number of rotatable bonds is 6. The van der Waals surface area contributed by atoms with Gasteiger partial charge in [-0.2, -0.15) is 4.99 Å². The van der Waals surface area contributed by atoms with Crippen LogP contribution in [0.3, 0.4) is 0 Å². The molecule has 3 amide bonds. The second-order valence-corrected chi connectivity index (χ2v) is 9.66. The molecule has 2 aliphatic heterocycles. The Labute approximate surface area is 199 Å². The van der Waals surface area contributed by atoms with Crippen LogP contribution in [-0.2, 0) is 20.9 Å². The van der Waals surface area contributed by atoms with E-state index in [1.54, 1.807) is 30.0 Å². The molecule has 1 aromatic rings. The summed E-state index contributed by atoms with van der Waals surface area (Å²) in [5, 5.41) is 3.66. The van der Waals surface area contributed by atoms with E-state index >= 15 is 0 Å². The number of hydrogen-bond acceptors (Lipinski definition) is 4. The Bertz CT molecular complexity index is 1040. The minimum Gasteiger partial charge on any atom is -0.352 e. The van der Waals surface area contributed by atoms with E-state index in [0.717, 1.165) is 36.8 Å². The lowest BCUT2D eigenvalue weighted by Crippen LogP contribution is -2.61. The van der Waals surface area contributed by atoms with Crippen molar-refractivity contribution < 1.29 is 14.4 Å². The maximum absolute atomic E-state index is 14.0. The first kappa shape index (κ1) is 23.2. The first-order valence-corrected chi connectivity index (χ1v) is 11.7. The van der Waals surface area contributed by atoms with E-state index in [-0.39, 0.29) is 43.3 Å². The lowest BCUT2D eigenvalue weighted by atomic mass is 9.89. The zero-order valence-electron chi connectivity index (χ0n) is 19.0. The SMILES string of the molecule is CC1=CN2C(=NC(=O)C[C@]2(C)C(=O)N(CC(=O)NC2CCCC2)Cc2ccc(Cl)cc2)C=C1. The van der Waals surface area contributed by atoms with Crippen LogP contribution in [0.1, 0.15) is 51.5 Å². The number of hydrogen-bond donors (Lipinski definition) is 1. The summed E-state index contributed by atoms with van der Waals surface area (Å²) < 4.78 is 0. The number of carbonyl (C=O) groups is 3. The molecule has 1 aromatic carbocycles. The van der Waals surface area contributed by atoms with E-state index < -0.39 is 5.54 Å². The van der Waals surface area contributed by atoms with Crippen molar-refractivity contribution in [2.75, 3.05) is 6.54 Å². The minimum absolute atomic E-state index is 0.0612. The molecular weight excluding hydrogens is 440 g/mol. The van der Waals surface area contributed by atoms with E-state index in [2.05, 4.69) is 10.3 Å². The van der Waals surface area contributed by atoms with Gasteiger partial charge in [-0.25, -0.2) is 0 Å². The second-order valence-electron chi connectivity index (χ2n) is 9.23. The van der Waals surface area contributed by atoms with Gasteiger partial charge in [-0.15, -0.1) is 0 Å². The van der Waals surface area contributed by atoms with Crippen molar-refractivity contribution in [3.63, 3.8) is 0 Å². The van der Waals surface area contributed by atoms with Gasteiger partial charge in [0.25, 0.3) is 5.91 Å². The van der Waals surface area contributed by atoms with Gasteiger partial charge in [0.15, 0.2) is 0 Å². The van der Waals surface area contributed by atoms with Crippen molar-refractivity contribution in [3.8, 4) is 0 Å². The van der Waals surface area contributed by atoms with E-state index in [9.17, 15) is 14.4 Å². The summed E-state index contributed by atoms with van der Waals surface area (Å²) in [5.74, 6) is -0.390. The molecule has 0 radical (unpaired) electrons. The predicted molar refractivity (Wildman–Crippen MR) is 127 cm³/mol. The van der Waals surface area contributed by atoms with Gasteiger partial charge in [-0.05, 0) is 56.0 Å². The molecule has 8 heteroatoms. The Balaban J connectivity index is 1.61. The molecule has 33 heavy (non-hydrogen) atoms. The van der Waals surface area contributed by atoms with E-state index in [1.165, 1.54) is 4.90 Å². The monoisotopic (exact) mass is 468 g/mol. The van der Waals surface area contributed by atoms with E-state index in [4.69, 9.17) is 11.6 Å². The lowest BCUT2D eigenvalue weighted by molar-refractivity contribution is -0.146. The Kier molecular flexibility index (Phi) is 6.70. The Hall–Kier alpha value is -2.93. The number of halogens is 1. The summed E-state index contributed by atoms with van der Waals surface area (Å²) in [6, 6.07) is 7.36. The van der Waals surface area contributed by atoms with Crippen molar-refractivity contribution in [3.05, 3.63) is 58.8 Å². The van der Waals surface area contributed by atoms with Crippen molar-refractivity contribution in [1.82, 2.24) is 15.1 Å². The van der Waals surface area contributed by atoms with Crippen LogP contribution in [0.5, 0.6) is 0 Å². The van der Waals surface area contributed by atoms with Crippen LogP contribution in [0.25, 0.3) is 0 Å². The molecule has 1 aliphatic carbocycles. The van der Waals surface area contributed by atoms with Crippen LogP contribution in [-0.4, -0.2) is 51.5 Å². The van der Waals surface area contributed by atoms with Crippen LogP contribution in [0.15, 0.2) is 53.2 Å². The minimum atomic E-state index is -1.18. The average Bonchev–Trinajstić information content (AvgIpc) is 3.27. The molecule has 0 unspecified atom stereocenters. The van der Waals surface area contributed by atoms with Crippen LogP contribution >= 0.6 is 11.6 Å². The fourth-order valence-electron chi connectivity index (χ4n) is 4.68. The maximum Gasteiger partial charge on any atom is 0.250 e. The quantitative estimate of drug-likeness (QED) is 0.691. The zero-order chi connectivity index (χ0) is 23.6. The highest BCUT2D eigenvalue weighted by atomic mass is 35.5. The molecular formula is C25H29ClN4O3. The van der Waals surface area contributed by atoms with Crippen LogP contribution in [0.2, 0.25) is 5.02 Å².